The van der Waals surface area contributed by atoms with E-state index in [1.54, 1.807) is 25.1 Å². The van der Waals surface area contributed by atoms with Crippen LogP contribution in [0.4, 0.5) is 0 Å². The van der Waals surface area contributed by atoms with Crippen LogP contribution in [0.3, 0.4) is 0 Å². The molecule has 0 fully saturated rings. The summed E-state index contributed by atoms with van der Waals surface area (Å²) in [5.41, 5.74) is 1.28. The molecule has 1 rings (SSSR count). The lowest BCUT2D eigenvalue weighted by Crippen LogP contribution is -2.34. The van der Waals surface area contributed by atoms with Crippen LogP contribution in [0.15, 0.2) is 24.3 Å². The van der Waals surface area contributed by atoms with Crippen molar-refractivity contribution in [2.45, 2.75) is 23.1 Å². The molecule has 0 spiro atoms. The summed E-state index contributed by atoms with van der Waals surface area (Å²) in [6.07, 6.45) is -1.32. The summed E-state index contributed by atoms with van der Waals surface area (Å²) in [5, 5.41) is 10.1. The van der Waals surface area contributed by atoms with Gasteiger partial charge in [-0.3, -0.25) is 0 Å². The molecule has 0 amide bonds. The second-order valence-electron chi connectivity index (χ2n) is 3.72. The lowest BCUT2D eigenvalue weighted by Gasteiger charge is -2.26. The van der Waals surface area contributed by atoms with Gasteiger partial charge in [-0.1, -0.05) is 42.8 Å². The van der Waals surface area contributed by atoms with Crippen molar-refractivity contribution in [2.75, 3.05) is 5.75 Å². The molecule has 0 aromatic heterocycles. The first-order valence-electron chi connectivity index (χ1n) is 5.07. The largest absolute Gasteiger partial charge is 0.385 e. The first-order valence-corrected chi connectivity index (χ1v) is 7.90. The number of aryl methyl sites for hydroxylation is 1. The Morgan fingerprint density at radius 3 is 2.47 bits per heavy atom. The lowest BCUT2D eigenvalue weighted by molar-refractivity contribution is 0.184. The fourth-order valence-corrected chi connectivity index (χ4v) is 3.67. The van der Waals surface area contributed by atoms with Crippen molar-refractivity contribution in [3.63, 3.8) is 0 Å². The second-order valence-corrected chi connectivity index (χ2v) is 9.23. The van der Waals surface area contributed by atoms with E-state index in [9.17, 15) is 13.5 Å². The monoisotopic (exact) mass is 340 g/mol. The standard InChI is InChI=1S/C11H14BrClO3S/c1-3-17(15,16)11(12,13)10(14)9-7-5-4-6-8(9)2/h4-7,10,14H,3H2,1-2H3/t10-,11-/m1/s1. The van der Waals surface area contributed by atoms with E-state index < -0.39 is 19.1 Å². The zero-order chi connectivity index (χ0) is 13.3. The van der Waals surface area contributed by atoms with Crippen LogP contribution in [0.25, 0.3) is 0 Å². The molecule has 17 heavy (non-hydrogen) atoms. The zero-order valence-electron chi connectivity index (χ0n) is 9.52. The first kappa shape index (κ1) is 15.0. The van der Waals surface area contributed by atoms with Crippen LogP contribution in [0.5, 0.6) is 0 Å². The van der Waals surface area contributed by atoms with Crippen molar-refractivity contribution in [1.29, 1.82) is 0 Å². The highest BCUT2D eigenvalue weighted by Crippen LogP contribution is 2.43. The number of halogens is 2. The molecule has 3 nitrogen and oxygen atoms in total. The van der Waals surface area contributed by atoms with Crippen molar-refractivity contribution >= 4 is 37.4 Å². The molecule has 1 aromatic carbocycles. The molecule has 1 aromatic rings. The molecule has 0 aliphatic carbocycles. The average Bonchev–Trinajstić information content (AvgIpc) is 2.28. The van der Waals surface area contributed by atoms with Crippen molar-refractivity contribution < 1.29 is 13.5 Å². The van der Waals surface area contributed by atoms with Gasteiger partial charge in [0.1, 0.15) is 6.10 Å². The van der Waals surface area contributed by atoms with Crippen molar-refractivity contribution in [2.24, 2.45) is 0 Å². The van der Waals surface area contributed by atoms with Crippen LogP contribution in [-0.4, -0.2) is 22.4 Å². The van der Waals surface area contributed by atoms with Gasteiger partial charge in [0.15, 0.2) is 9.84 Å². The second kappa shape index (κ2) is 5.26. The first-order chi connectivity index (χ1) is 7.74. The Hall–Kier alpha value is -0.100. The van der Waals surface area contributed by atoms with Crippen LogP contribution < -0.4 is 0 Å². The van der Waals surface area contributed by atoms with Gasteiger partial charge in [-0.05, 0) is 34.0 Å². The van der Waals surface area contributed by atoms with E-state index in [4.69, 9.17) is 11.6 Å². The molecule has 0 aliphatic heterocycles. The molecule has 0 saturated heterocycles. The summed E-state index contributed by atoms with van der Waals surface area (Å²) in [4.78, 5) is 0. The van der Waals surface area contributed by atoms with E-state index in [0.717, 1.165) is 5.56 Å². The maximum absolute atomic E-state index is 11.8. The maximum atomic E-state index is 11.8. The number of alkyl halides is 2. The number of aliphatic hydroxyl groups is 1. The zero-order valence-corrected chi connectivity index (χ0v) is 12.7. The van der Waals surface area contributed by atoms with Gasteiger partial charge in [0.2, 0.25) is 3.12 Å². The van der Waals surface area contributed by atoms with Crippen LogP contribution >= 0.6 is 27.5 Å². The Kier molecular flexibility index (Phi) is 4.63. The number of hydrogen-bond donors (Lipinski definition) is 1. The third-order valence-corrected chi connectivity index (χ3v) is 7.23. The smallest absolute Gasteiger partial charge is 0.229 e. The van der Waals surface area contributed by atoms with E-state index in [0.29, 0.717) is 5.56 Å². The highest BCUT2D eigenvalue weighted by Gasteiger charge is 2.46. The molecule has 0 radical (unpaired) electrons. The summed E-state index contributed by atoms with van der Waals surface area (Å²) >= 11 is 8.89. The minimum absolute atomic E-state index is 0.148. The van der Waals surface area contributed by atoms with E-state index in [-0.39, 0.29) is 5.75 Å². The van der Waals surface area contributed by atoms with Crippen LogP contribution in [0, 0.1) is 6.92 Å². The number of benzene rings is 1. The highest BCUT2D eigenvalue weighted by atomic mass is 79.9. The van der Waals surface area contributed by atoms with Gasteiger partial charge in [0.25, 0.3) is 0 Å². The summed E-state index contributed by atoms with van der Waals surface area (Å²) < 4.78 is 21.7. The minimum atomic E-state index is -3.63. The van der Waals surface area contributed by atoms with E-state index in [2.05, 4.69) is 15.9 Å². The van der Waals surface area contributed by atoms with Gasteiger partial charge in [0.05, 0.1) is 5.75 Å². The summed E-state index contributed by atoms with van der Waals surface area (Å²) in [5.74, 6) is -0.148. The van der Waals surface area contributed by atoms with Gasteiger partial charge < -0.3 is 5.11 Å². The van der Waals surface area contributed by atoms with Crippen molar-refractivity contribution in [3.8, 4) is 0 Å². The fourth-order valence-electron chi connectivity index (χ4n) is 1.44. The van der Waals surface area contributed by atoms with Crippen molar-refractivity contribution in [3.05, 3.63) is 35.4 Å². The van der Waals surface area contributed by atoms with Crippen LogP contribution in [0.2, 0.25) is 0 Å². The van der Waals surface area contributed by atoms with Gasteiger partial charge in [-0.2, -0.15) is 0 Å². The molecular formula is C11H14BrClO3S. The van der Waals surface area contributed by atoms with Gasteiger partial charge in [-0.15, -0.1) is 0 Å². The number of hydrogen-bond acceptors (Lipinski definition) is 3. The molecule has 0 aliphatic rings. The summed E-state index contributed by atoms with van der Waals surface area (Å²) in [6, 6.07) is 6.98. The SMILES string of the molecule is CCS(=O)(=O)[C@@](Cl)(Br)[C@H](O)c1ccccc1C. The Bertz CT molecular complexity index is 499. The Labute approximate surface area is 115 Å². The molecular weight excluding hydrogens is 328 g/mol. The Balaban J connectivity index is 3.23. The summed E-state index contributed by atoms with van der Waals surface area (Å²) in [6.45, 7) is 3.27. The molecule has 2 atom stereocenters. The minimum Gasteiger partial charge on any atom is -0.385 e. The Morgan fingerprint density at radius 2 is 2.00 bits per heavy atom. The third-order valence-electron chi connectivity index (χ3n) is 2.60. The average molecular weight is 342 g/mol. The molecule has 0 bridgehead atoms. The number of rotatable bonds is 4. The van der Waals surface area contributed by atoms with Gasteiger partial charge in [-0.25, -0.2) is 8.42 Å². The Morgan fingerprint density at radius 1 is 1.47 bits per heavy atom. The number of sulfone groups is 1. The van der Waals surface area contributed by atoms with E-state index in [1.807, 2.05) is 6.07 Å². The molecule has 0 unspecified atom stereocenters. The van der Waals surface area contributed by atoms with Crippen LogP contribution in [-0.2, 0) is 9.84 Å². The third kappa shape index (κ3) is 2.84. The quantitative estimate of drug-likeness (QED) is 0.857. The molecule has 6 heteroatoms. The molecule has 0 saturated carbocycles. The lowest BCUT2D eigenvalue weighted by atomic mass is 10.0. The van der Waals surface area contributed by atoms with Crippen molar-refractivity contribution in [1.82, 2.24) is 0 Å². The van der Waals surface area contributed by atoms with Gasteiger partial charge >= 0.3 is 0 Å². The maximum Gasteiger partial charge on any atom is 0.229 e. The van der Waals surface area contributed by atoms with Crippen LogP contribution in [0.1, 0.15) is 24.2 Å². The highest BCUT2D eigenvalue weighted by molar-refractivity contribution is 9.12. The van der Waals surface area contributed by atoms with E-state index in [1.165, 1.54) is 6.92 Å². The van der Waals surface area contributed by atoms with Gasteiger partial charge in [0, 0.05) is 0 Å². The molecule has 0 heterocycles. The molecule has 96 valence electrons. The summed E-state index contributed by atoms with van der Waals surface area (Å²) in [7, 11) is -3.63. The fraction of sp³-hybridized carbons (Fsp3) is 0.455. The van der Waals surface area contributed by atoms with E-state index >= 15 is 0 Å². The normalized spacial score (nSPS) is 17.5. The predicted octanol–water partition coefficient (Wildman–Crippen LogP) is 2.75. The molecule has 1 N–H and O–H groups in total. The number of aliphatic hydroxyl groups excluding tert-OH is 1. The topological polar surface area (TPSA) is 54.4 Å². The predicted molar refractivity (Wildman–Crippen MR) is 73.1 cm³/mol.